The van der Waals surface area contributed by atoms with E-state index in [0.717, 1.165) is 29.8 Å². The van der Waals surface area contributed by atoms with Crippen molar-refractivity contribution in [3.05, 3.63) is 47.2 Å². The van der Waals surface area contributed by atoms with Crippen molar-refractivity contribution in [2.24, 2.45) is 0 Å². The third-order valence-corrected chi connectivity index (χ3v) is 5.08. The van der Waals surface area contributed by atoms with E-state index in [1.165, 1.54) is 12.8 Å². The Balaban J connectivity index is 1.71. The Labute approximate surface area is 139 Å². The van der Waals surface area contributed by atoms with E-state index < -0.39 is 5.97 Å². The van der Waals surface area contributed by atoms with Crippen LogP contribution in [-0.4, -0.2) is 26.8 Å². The number of nitrogens with zero attached hydrogens (tertiary/aromatic N) is 2. The first kappa shape index (κ1) is 14.9. The molecule has 1 aliphatic carbocycles. The van der Waals surface area contributed by atoms with Gasteiger partial charge in [-0.2, -0.15) is 5.10 Å². The number of carbonyl (C=O) groups is 2. The lowest BCUT2D eigenvalue weighted by molar-refractivity contribution is -0.116. The lowest BCUT2D eigenvalue weighted by Crippen LogP contribution is -2.25. The van der Waals surface area contributed by atoms with Gasteiger partial charge in [0, 0.05) is 17.9 Å². The topological polar surface area (TPSA) is 84.2 Å². The van der Waals surface area contributed by atoms with Crippen molar-refractivity contribution >= 4 is 17.7 Å². The molecule has 124 valence electrons. The summed E-state index contributed by atoms with van der Waals surface area (Å²) in [4.78, 5) is 23.2. The van der Waals surface area contributed by atoms with Gasteiger partial charge in [-0.3, -0.25) is 4.79 Å². The molecule has 6 heteroatoms. The molecule has 1 aromatic carbocycles. The molecule has 0 radical (unpaired) electrons. The van der Waals surface area contributed by atoms with Crippen LogP contribution in [-0.2, 0) is 4.79 Å². The van der Waals surface area contributed by atoms with Crippen molar-refractivity contribution in [1.82, 2.24) is 9.78 Å². The fraction of sp³-hybridized carbons (Fsp3) is 0.389. The molecule has 1 aliphatic heterocycles. The molecule has 0 bridgehead atoms. The third kappa shape index (κ3) is 2.48. The Morgan fingerprint density at radius 2 is 1.92 bits per heavy atom. The Morgan fingerprint density at radius 1 is 1.21 bits per heavy atom. The van der Waals surface area contributed by atoms with Crippen molar-refractivity contribution < 1.29 is 14.7 Å². The van der Waals surface area contributed by atoms with Crippen molar-refractivity contribution in [3.8, 4) is 0 Å². The molecule has 4 rings (SSSR count). The number of carbonyl (C=O) groups excluding carboxylic acids is 1. The number of carboxylic acids is 1. The van der Waals surface area contributed by atoms with Crippen LogP contribution in [0.2, 0.25) is 0 Å². The first-order valence-corrected chi connectivity index (χ1v) is 8.34. The van der Waals surface area contributed by atoms with E-state index >= 15 is 0 Å². The van der Waals surface area contributed by atoms with Crippen molar-refractivity contribution in [2.45, 2.75) is 44.1 Å². The highest BCUT2D eigenvalue weighted by Crippen LogP contribution is 2.40. The number of aromatic carboxylic acids is 1. The molecule has 0 spiro atoms. The Hall–Kier alpha value is -2.63. The number of nitrogens with one attached hydrogen (secondary N) is 1. The summed E-state index contributed by atoms with van der Waals surface area (Å²) < 4.78 is 1.97. The molecule has 2 aliphatic rings. The number of hydrogen-bond acceptors (Lipinski definition) is 3. The highest BCUT2D eigenvalue weighted by atomic mass is 16.4. The van der Waals surface area contributed by atoms with E-state index in [0.29, 0.717) is 12.5 Å². The van der Waals surface area contributed by atoms with Crippen LogP contribution < -0.4 is 5.32 Å². The molecule has 0 unspecified atom stereocenters. The quantitative estimate of drug-likeness (QED) is 0.908. The second kappa shape index (κ2) is 5.78. The van der Waals surface area contributed by atoms with Gasteiger partial charge < -0.3 is 10.4 Å². The Bertz CT molecular complexity index is 788. The SMILES string of the molecule is O=C1C[C@H](c2ccc(C(=O)O)cc2)c2cnn(C3CCCC3)c2N1. The maximum atomic E-state index is 12.2. The molecular weight excluding hydrogens is 306 g/mol. The van der Waals surface area contributed by atoms with Gasteiger partial charge in [0.15, 0.2) is 0 Å². The molecule has 2 aromatic rings. The van der Waals surface area contributed by atoms with Crippen LogP contribution in [0.4, 0.5) is 5.82 Å². The molecule has 0 saturated heterocycles. The minimum absolute atomic E-state index is 0.0189. The summed E-state index contributed by atoms with van der Waals surface area (Å²) in [5.41, 5.74) is 2.22. The van der Waals surface area contributed by atoms with Gasteiger partial charge in [0.05, 0.1) is 17.8 Å². The number of amides is 1. The van der Waals surface area contributed by atoms with Gasteiger partial charge in [0.25, 0.3) is 0 Å². The van der Waals surface area contributed by atoms with Crippen molar-refractivity contribution in [2.75, 3.05) is 5.32 Å². The van der Waals surface area contributed by atoms with Gasteiger partial charge in [0.2, 0.25) is 5.91 Å². The van der Waals surface area contributed by atoms with Crippen molar-refractivity contribution in [3.63, 3.8) is 0 Å². The van der Waals surface area contributed by atoms with E-state index in [9.17, 15) is 9.59 Å². The normalized spacial score (nSPS) is 20.7. The fourth-order valence-corrected chi connectivity index (χ4v) is 3.82. The zero-order valence-corrected chi connectivity index (χ0v) is 13.2. The minimum atomic E-state index is -0.947. The number of aromatic nitrogens is 2. The maximum Gasteiger partial charge on any atom is 0.335 e. The van der Waals surface area contributed by atoms with Crippen LogP contribution in [0.25, 0.3) is 0 Å². The van der Waals surface area contributed by atoms with E-state index in [-0.39, 0.29) is 17.4 Å². The highest BCUT2D eigenvalue weighted by Gasteiger charge is 2.32. The smallest absolute Gasteiger partial charge is 0.335 e. The van der Waals surface area contributed by atoms with E-state index in [2.05, 4.69) is 10.4 Å². The molecule has 2 N–H and O–H groups in total. The number of benzene rings is 1. The zero-order chi connectivity index (χ0) is 16.7. The summed E-state index contributed by atoms with van der Waals surface area (Å²) in [6.07, 6.45) is 6.81. The predicted octanol–water partition coefficient (Wildman–Crippen LogP) is 3.17. The number of fused-ring (bicyclic) bond motifs is 1. The van der Waals surface area contributed by atoms with Crippen LogP contribution in [0.5, 0.6) is 0 Å². The van der Waals surface area contributed by atoms with Crippen LogP contribution in [0.1, 0.15) is 65.5 Å². The molecule has 24 heavy (non-hydrogen) atoms. The average molecular weight is 325 g/mol. The van der Waals surface area contributed by atoms with Gasteiger partial charge in [-0.1, -0.05) is 25.0 Å². The predicted molar refractivity (Wildman–Crippen MR) is 88.2 cm³/mol. The molecular formula is C18H19N3O3. The van der Waals surface area contributed by atoms with Crippen LogP contribution in [0.3, 0.4) is 0 Å². The maximum absolute atomic E-state index is 12.2. The van der Waals surface area contributed by atoms with Gasteiger partial charge in [-0.15, -0.1) is 0 Å². The summed E-state index contributed by atoms with van der Waals surface area (Å²) in [5.74, 6) is -0.232. The summed E-state index contributed by atoms with van der Waals surface area (Å²) in [5, 5.41) is 16.6. The van der Waals surface area contributed by atoms with Gasteiger partial charge >= 0.3 is 5.97 Å². The standard InChI is InChI=1S/C18H19N3O3/c22-16-9-14(11-5-7-12(8-6-11)18(23)24)15-10-19-21(17(15)20-16)13-3-1-2-4-13/h5-8,10,13-14H,1-4,9H2,(H,20,22)(H,23,24)/t14-/m1/s1. The first-order valence-electron chi connectivity index (χ1n) is 8.34. The third-order valence-electron chi connectivity index (χ3n) is 5.08. The number of carboxylic acid groups (broad SMARTS) is 1. The largest absolute Gasteiger partial charge is 0.478 e. The minimum Gasteiger partial charge on any atom is -0.478 e. The molecule has 1 atom stereocenters. The second-order valence-corrected chi connectivity index (χ2v) is 6.56. The van der Waals surface area contributed by atoms with Crippen LogP contribution in [0.15, 0.2) is 30.5 Å². The summed E-state index contributed by atoms with van der Waals surface area (Å²) in [6.45, 7) is 0. The monoisotopic (exact) mass is 325 g/mol. The number of rotatable bonds is 3. The molecule has 1 fully saturated rings. The van der Waals surface area contributed by atoms with Crippen LogP contribution in [0, 0.1) is 0 Å². The molecule has 2 heterocycles. The van der Waals surface area contributed by atoms with E-state index in [1.54, 1.807) is 24.3 Å². The molecule has 1 aromatic heterocycles. The Kier molecular flexibility index (Phi) is 3.59. The summed E-state index contributed by atoms with van der Waals surface area (Å²) in [6, 6.07) is 7.13. The Morgan fingerprint density at radius 3 is 2.58 bits per heavy atom. The van der Waals surface area contributed by atoms with Gasteiger partial charge in [-0.25, -0.2) is 9.48 Å². The lowest BCUT2D eigenvalue weighted by atomic mass is 9.87. The van der Waals surface area contributed by atoms with Gasteiger partial charge in [-0.05, 0) is 30.5 Å². The van der Waals surface area contributed by atoms with Gasteiger partial charge in [0.1, 0.15) is 5.82 Å². The first-order chi connectivity index (χ1) is 11.6. The molecule has 6 nitrogen and oxygen atoms in total. The van der Waals surface area contributed by atoms with E-state index in [1.807, 2.05) is 10.9 Å². The van der Waals surface area contributed by atoms with Crippen molar-refractivity contribution in [1.29, 1.82) is 0 Å². The molecule has 1 amide bonds. The zero-order valence-electron chi connectivity index (χ0n) is 13.2. The summed E-state index contributed by atoms with van der Waals surface area (Å²) >= 11 is 0. The number of hydrogen-bond donors (Lipinski definition) is 2. The second-order valence-electron chi connectivity index (χ2n) is 6.56. The lowest BCUT2D eigenvalue weighted by Gasteiger charge is -2.25. The average Bonchev–Trinajstić information content (AvgIpc) is 3.23. The highest BCUT2D eigenvalue weighted by molar-refractivity contribution is 5.94. The summed E-state index contributed by atoms with van der Waals surface area (Å²) in [7, 11) is 0. The molecule has 1 saturated carbocycles. The fourth-order valence-electron chi connectivity index (χ4n) is 3.82. The van der Waals surface area contributed by atoms with E-state index in [4.69, 9.17) is 5.11 Å². The number of anilines is 1. The van der Waals surface area contributed by atoms with Crippen LogP contribution >= 0.6 is 0 Å².